The lowest BCUT2D eigenvalue weighted by molar-refractivity contribution is -0.119. The van der Waals surface area contributed by atoms with Crippen molar-refractivity contribution in [2.45, 2.75) is 6.04 Å². The maximum atomic E-state index is 14.4. The van der Waals surface area contributed by atoms with Crippen LogP contribution in [-0.4, -0.2) is 11.0 Å². The van der Waals surface area contributed by atoms with Gasteiger partial charge in [-0.1, -0.05) is 24.2 Å². The van der Waals surface area contributed by atoms with Crippen LogP contribution in [0.4, 0.5) is 14.5 Å². The summed E-state index contributed by atoms with van der Waals surface area (Å²) in [6, 6.07) is 8.72. The molecule has 2 aromatic carbocycles. The molecule has 1 heterocycles. The first kappa shape index (κ1) is 18.3. The number of anilines is 1. The predicted molar refractivity (Wildman–Crippen MR) is 101 cm³/mol. The van der Waals surface area contributed by atoms with Gasteiger partial charge in [-0.05, 0) is 48.6 Å². The van der Waals surface area contributed by atoms with Crippen molar-refractivity contribution in [3.05, 3.63) is 77.0 Å². The molecule has 26 heavy (non-hydrogen) atoms. The number of carbonyl (C=O) groups is 1. The second-order valence-electron chi connectivity index (χ2n) is 5.71. The molecule has 1 aliphatic heterocycles. The van der Waals surface area contributed by atoms with Gasteiger partial charge in [0.25, 0.3) is 0 Å². The third-order valence-electron chi connectivity index (χ3n) is 3.97. The smallest absolute Gasteiger partial charge is 0.235 e. The molecule has 8 heteroatoms. The van der Waals surface area contributed by atoms with Crippen molar-refractivity contribution in [3.8, 4) is 0 Å². The predicted octanol–water partition coefficient (Wildman–Crippen LogP) is 3.91. The quantitative estimate of drug-likeness (QED) is 0.692. The van der Waals surface area contributed by atoms with Crippen molar-refractivity contribution in [1.29, 1.82) is 0 Å². The van der Waals surface area contributed by atoms with Crippen LogP contribution in [0.3, 0.4) is 0 Å². The minimum atomic E-state index is -0.902. The van der Waals surface area contributed by atoms with Crippen molar-refractivity contribution in [2.75, 3.05) is 5.32 Å². The zero-order valence-electron chi connectivity index (χ0n) is 13.4. The van der Waals surface area contributed by atoms with Crippen LogP contribution < -0.4 is 16.0 Å². The molecule has 0 bridgehead atoms. The maximum absolute atomic E-state index is 14.4. The van der Waals surface area contributed by atoms with Crippen LogP contribution in [0.2, 0.25) is 5.02 Å². The molecule has 0 spiro atoms. The summed E-state index contributed by atoms with van der Waals surface area (Å²) in [5, 5.41) is 8.72. The van der Waals surface area contributed by atoms with E-state index in [0.29, 0.717) is 11.4 Å². The molecule has 2 aromatic rings. The molecule has 3 N–H and O–H groups in total. The van der Waals surface area contributed by atoms with Gasteiger partial charge < -0.3 is 16.0 Å². The number of benzene rings is 2. The summed E-state index contributed by atoms with van der Waals surface area (Å²) >= 11 is 11.3. The average molecular weight is 394 g/mol. The monoisotopic (exact) mass is 393 g/mol. The fourth-order valence-corrected chi connectivity index (χ4v) is 3.33. The highest BCUT2D eigenvalue weighted by atomic mass is 35.5. The van der Waals surface area contributed by atoms with Gasteiger partial charge in [0.2, 0.25) is 5.91 Å². The lowest BCUT2D eigenvalue weighted by Gasteiger charge is -2.35. The number of rotatable bonds is 3. The third kappa shape index (κ3) is 3.68. The highest BCUT2D eigenvalue weighted by Crippen LogP contribution is 2.35. The van der Waals surface area contributed by atoms with Crippen molar-refractivity contribution in [2.24, 2.45) is 5.92 Å². The molecule has 0 saturated carbocycles. The first-order chi connectivity index (χ1) is 12.4. The molecule has 0 unspecified atom stereocenters. The van der Waals surface area contributed by atoms with Crippen molar-refractivity contribution in [1.82, 2.24) is 10.6 Å². The first-order valence-electron chi connectivity index (χ1n) is 7.63. The Labute approximate surface area is 159 Å². The highest BCUT2D eigenvalue weighted by molar-refractivity contribution is 7.80. The van der Waals surface area contributed by atoms with E-state index in [0.717, 1.165) is 0 Å². The number of thiocarbonyl (C=S) groups is 1. The minimum Gasteiger partial charge on any atom is -0.354 e. The van der Waals surface area contributed by atoms with Gasteiger partial charge in [0, 0.05) is 22.0 Å². The van der Waals surface area contributed by atoms with Crippen LogP contribution in [0.15, 0.2) is 54.7 Å². The molecule has 0 aromatic heterocycles. The zero-order chi connectivity index (χ0) is 18.8. The Balaban J connectivity index is 1.95. The van der Waals surface area contributed by atoms with E-state index in [2.05, 4.69) is 22.5 Å². The minimum absolute atomic E-state index is 0.124. The van der Waals surface area contributed by atoms with Crippen LogP contribution in [0.1, 0.15) is 11.6 Å². The molecule has 1 amide bonds. The number of carbonyl (C=O) groups excluding carboxylic acids is 1. The van der Waals surface area contributed by atoms with Gasteiger partial charge >= 0.3 is 0 Å². The molecule has 134 valence electrons. The SMILES string of the molecule is C=C1NC(=S)N[C@@H](c2c(F)cccc2Cl)[C@@H]1C(=O)Nc1ccc(F)cc1. The lowest BCUT2D eigenvalue weighted by atomic mass is 9.88. The highest BCUT2D eigenvalue weighted by Gasteiger charge is 2.39. The van der Waals surface area contributed by atoms with Gasteiger partial charge in [-0.3, -0.25) is 4.79 Å². The Bertz CT molecular complexity index is 868. The topological polar surface area (TPSA) is 53.2 Å². The Morgan fingerprint density at radius 1 is 1.19 bits per heavy atom. The van der Waals surface area contributed by atoms with Gasteiger partial charge in [0.15, 0.2) is 5.11 Å². The Kier molecular flexibility index (Phi) is 5.20. The molecule has 0 radical (unpaired) electrons. The third-order valence-corrected chi connectivity index (χ3v) is 4.52. The second kappa shape index (κ2) is 7.39. The molecular weight excluding hydrogens is 380 g/mol. The van der Waals surface area contributed by atoms with Crippen LogP contribution in [0.25, 0.3) is 0 Å². The van der Waals surface area contributed by atoms with E-state index in [1.165, 1.54) is 42.5 Å². The first-order valence-corrected chi connectivity index (χ1v) is 8.42. The number of halogens is 3. The Morgan fingerprint density at radius 2 is 1.88 bits per heavy atom. The molecule has 3 rings (SSSR count). The van der Waals surface area contributed by atoms with E-state index < -0.39 is 29.5 Å². The molecule has 2 atom stereocenters. The van der Waals surface area contributed by atoms with E-state index in [1.807, 2.05) is 0 Å². The van der Waals surface area contributed by atoms with Gasteiger partial charge in [-0.2, -0.15) is 0 Å². The summed E-state index contributed by atoms with van der Waals surface area (Å²) in [5.41, 5.74) is 0.826. The molecule has 4 nitrogen and oxygen atoms in total. The lowest BCUT2D eigenvalue weighted by Crippen LogP contribution is -2.52. The van der Waals surface area contributed by atoms with Crippen LogP contribution >= 0.6 is 23.8 Å². The Morgan fingerprint density at radius 3 is 2.54 bits per heavy atom. The molecule has 1 aliphatic rings. The van der Waals surface area contributed by atoms with Gasteiger partial charge in [-0.15, -0.1) is 0 Å². The number of nitrogens with one attached hydrogen (secondary N) is 3. The fourth-order valence-electron chi connectivity index (χ4n) is 2.79. The molecular formula is C18H14ClF2N3OS. The average Bonchev–Trinajstić information content (AvgIpc) is 2.56. The fraction of sp³-hybridized carbons (Fsp3) is 0.111. The summed E-state index contributed by atoms with van der Waals surface area (Å²) in [5.74, 6) is -2.35. The maximum Gasteiger partial charge on any atom is 0.235 e. The summed E-state index contributed by atoms with van der Waals surface area (Å²) in [6.07, 6.45) is 0. The number of hydrogen-bond acceptors (Lipinski definition) is 2. The normalized spacial score (nSPS) is 19.5. The van der Waals surface area contributed by atoms with E-state index in [1.54, 1.807) is 0 Å². The van der Waals surface area contributed by atoms with Gasteiger partial charge in [0.05, 0.1) is 6.04 Å². The van der Waals surface area contributed by atoms with E-state index in [9.17, 15) is 13.6 Å². The largest absolute Gasteiger partial charge is 0.354 e. The summed E-state index contributed by atoms with van der Waals surface area (Å²) in [7, 11) is 0. The van der Waals surface area contributed by atoms with Crippen molar-refractivity contribution < 1.29 is 13.6 Å². The summed E-state index contributed by atoms with van der Waals surface area (Å²) in [4.78, 5) is 12.8. The van der Waals surface area contributed by atoms with Crippen molar-refractivity contribution in [3.63, 3.8) is 0 Å². The van der Waals surface area contributed by atoms with Crippen LogP contribution in [0.5, 0.6) is 0 Å². The molecule has 1 saturated heterocycles. The van der Waals surface area contributed by atoms with Gasteiger partial charge in [-0.25, -0.2) is 8.78 Å². The number of amides is 1. The van der Waals surface area contributed by atoms with E-state index in [-0.39, 0.29) is 15.7 Å². The van der Waals surface area contributed by atoms with Crippen LogP contribution in [0, 0.1) is 17.6 Å². The number of hydrogen-bond donors (Lipinski definition) is 3. The Hall–Kier alpha value is -2.51. The van der Waals surface area contributed by atoms with E-state index >= 15 is 0 Å². The van der Waals surface area contributed by atoms with E-state index in [4.69, 9.17) is 23.8 Å². The molecule has 1 fully saturated rings. The van der Waals surface area contributed by atoms with Crippen molar-refractivity contribution >= 4 is 40.5 Å². The van der Waals surface area contributed by atoms with Crippen LogP contribution in [-0.2, 0) is 4.79 Å². The van der Waals surface area contributed by atoms with Gasteiger partial charge in [0.1, 0.15) is 17.6 Å². The standard InChI is InChI=1S/C18H14ClF2N3OS/c1-9-14(17(25)23-11-7-5-10(20)6-8-11)16(24-18(26)22-9)15-12(19)3-2-4-13(15)21/h2-8,14,16H,1H2,(H,23,25)(H2,22,24,26)/t14-,16-/m1/s1. The summed E-state index contributed by atoms with van der Waals surface area (Å²) in [6.45, 7) is 3.83. The second-order valence-corrected chi connectivity index (χ2v) is 6.53. The zero-order valence-corrected chi connectivity index (χ0v) is 14.9. The molecule has 0 aliphatic carbocycles. The summed E-state index contributed by atoms with van der Waals surface area (Å²) < 4.78 is 27.4.